The molecular weight excluding hydrogens is 423 g/mol. The van der Waals surface area contributed by atoms with E-state index in [4.69, 9.17) is 28.2 Å². The number of nitrogens with zero attached hydrogens (tertiary/aromatic N) is 2. The van der Waals surface area contributed by atoms with Crippen molar-refractivity contribution in [3.8, 4) is 0 Å². The van der Waals surface area contributed by atoms with E-state index in [1.54, 1.807) is 0 Å². The van der Waals surface area contributed by atoms with Gasteiger partial charge < -0.3 is 4.90 Å². The Bertz CT molecular complexity index is 1030. The third-order valence-corrected chi connectivity index (χ3v) is 5.51. The summed E-state index contributed by atoms with van der Waals surface area (Å²) in [5, 5.41) is 1.12. The molecule has 0 atom stereocenters. The maximum atomic E-state index is 6.14. The molecule has 1 aliphatic heterocycles. The van der Waals surface area contributed by atoms with E-state index in [-0.39, 0.29) is 12.4 Å². The summed E-state index contributed by atoms with van der Waals surface area (Å²) < 4.78 is 0. The summed E-state index contributed by atoms with van der Waals surface area (Å²) >= 11 is 12.2. The summed E-state index contributed by atoms with van der Waals surface area (Å²) in [6.07, 6.45) is 4.09. The topological polar surface area (TPSA) is 15.6 Å². The highest BCUT2D eigenvalue weighted by atomic mass is 35.5. The first-order chi connectivity index (χ1) is 13.7. The lowest BCUT2D eigenvalue weighted by molar-refractivity contribution is 0.797. The van der Waals surface area contributed by atoms with Crippen molar-refractivity contribution in [2.75, 3.05) is 18.0 Å². The van der Waals surface area contributed by atoms with E-state index in [0.29, 0.717) is 10.0 Å². The predicted molar refractivity (Wildman–Crippen MR) is 128 cm³/mol. The number of para-hydroxylation sites is 1. The fourth-order valence-electron chi connectivity index (χ4n) is 3.36. The Morgan fingerprint density at radius 3 is 2.41 bits per heavy atom. The van der Waals surface area contributed by atoms with Crippen LogP contribution in [0.4, 0.5) is 5.69 Å². The summed E-state index contributed by atoms with van der Waals surface area (Å²) in [6.45, 7) is 2.51. The Balaban J connectivity index is 0.00000240. The fourth-order valence-corrected chi connectivity index (χ4v) is 3.67. The number of allylic oxidation sites excluding steroid dienone is 1. The summed E-state index contributed by atoms with van der Waals surface area (Å²) in [5.41, 5.74) is 5.64. The third-order valence-electron chi connectivity index (χ3n) is 4.77. The molecule has 3 aromatic carbocycles. The van der Waals surface area contributed by atoms with E-state index in [0.717, 1.165) is 36.5 Å². The van der Waals surface area contributed by atoms with Crippen molar-refractivity contribution >= 4 is 53.1 Å². The summed E-state index contributed by atoms with van der Waals surface area (Å²) in [7, 11) is 0. The van der Waals surface area contributed by atoms with Crippen LogP contribution in [0.3, 0.4) is 0 Å². The van der Waals surface area contributed by atoms with E-state index in [1.165, 1.54) is 11.3 Å². The lowest BCUT2D eigenvalue weighted by Gasteiger charge is -2.24. The van der Waals surface area contributed by atoms with Gasteiger partial charge in [0, 0.05) is 24.3 Å². The number of halogens is 3. The number of anilines is 1. The van der Waals surface area contributed by atoms with E-state index in [2.05, 4.69) is 65.6 Å². The third kappa shape index (κ3) is 5.22. The molecule has 0 aliphatic carbocycles. The SMILES string of the molecule is Cl.Clc1ccc(/C=C/C2=NCCN(Cc3ccccc3)c3ccccc32)cc1Cl. The molecule has 5 heteroatoms. The second-order valence-electron chi connectivity index (χ2n) is 6.70. The molecule has 0 aromatic heterocycles. The van der Waals surface area contributed by atoms with Crippen molar-refractivity contribution < 1.29 is 0 Å². The first kappa shape index (κ1) is 21.4. The molecule has 0 unspecified atom stereocenters. The van der Waals surface area contributed by atoms with Gasteiger partial charge in [-0.25, -0.2) is 0 Å². The zero-order chi connectivity index (χ0) is 19.3. The molecule has 0 N–H and O–H groups in total. The Kier molecular flexibility index (Phi) is 7.38. The monoisotopic (exact) mass is 442 g/mol. The maximum Gasteiger partial charge on any atom is 0.0668 e. The minimum absolute atomic E-state index is 0. The van der Waals surface area contributed by atoms with Crippen LogP contribution in [0, 0.1) is 0 Å². The molecule has 0 radical (unpaired) electrons. The fraction of sp³-hybridized carbons (Fsp3) is 0.125. The van der Waals surface area contributed by atoms with Gasteiger partial charge in [0.1, 0.15) is 0 Å². The van der Waals surface area contributed by atoms with Crippen LogP contribution in [-0.4, -0.2) is 18.8 Å². The van der Waals surface area contributed by atoms with Gasteiger partial charge in [-0.3, -0.25) is 4.99 Å². The second kappa shape index (κ2) is 9.98. The van der Waals surface area contributed by atoms with Gasteiger partial charge in [-0.1, -0.05) is 83.9 Å². The molecule has 0 amide bonds. The first-order valence-electron chi connectivity index (χ1n) is 9.26. The molecule has 2 nitrogen and oxygen atoms in total. The van der Waals surface area contributed by atoms with Crippen LogP contribution in [0.2, 0.25) is 10.0 Å². The molecule has 3 aromatic rings. The van der Waals surface area contributed by atoms with Gasteiger partial charge in [0.05, 0.1) is 22.3 Å². The molecule has 148 valence electrons. The van der Waals surface area contributed by atoms with Gasteiger partial charge >= 0.3 is 0 Å². The molecule has 1 aliphatic rings. The number of fused-ring (bicyclic) bond motifs is 1. The number of benzene rings is 3. The van der Waals surface area contributed by atoms with Crippen LogP contribution in [-0.2, 0) is 6.54 Å². The van der Waals surface area contributed by atoms with Crippen molar-refractivity contribution in [3.05, 3.63) is 106 Å². The second-order valence-corrected chi connectivity index (χ2v) is 7.51. The van der Waals surface area contributed by atoms with Crippen molar-refractivity contribution in [2.24, 2.45) is 4.99 Å². The van der Waals surface area contributed by atoms with E-state index in [9.17, 15) is 0 Å². The van der Waals surface area contributed by atoms with Crippen molar-refractivity contribution in [1.29, 1.82) is 0 Å². The summed E-state index contributed by atoms with van der Waals surface area (Å²) in [4.78, 5) is 7.24. The molecular formula is C24H21Cl3N2. The van der Waals surface area contributed by atoms with Gasteiger partial charge in [-0.05, 0) is 35.4 Å². The number of hydrogen-bond donors (Lipinski definition) is 0. The Labute approximate surface area is 187 Å². The van der Waals surface area contributed by atoms with Crippen molar-refractivity contribution in [1.82, 2.24) is 0 Å². The summed E-state index contributed by atoms with van der Waals surface area (Å²) in [6, 6.07) is 24.6. The Morgan fingerprint density at radius 2 is 1.62 bits per heavy atom. The van der Waals surface area contributed by atoms with Gasteiger partial charge in [0.2, 0.25) is 0 Å². The van der Waals surface area contributed by atoms with Crippen LogP contribution in [0.15, 0.2) is 83.9 Å². The van der Waals surface area contributed by atoms with E-state index >= 15 is 0 Å². The standard InChI is InChI=1S/C24H20Cl2N2.ClH/c25-21-12-10-18(16-22(21)26)11-13-23-20-8-4-5-9-24(20)28(15-14-27-23)17-19-6-2-1-3-7-19;/h1-13,16H,14-15,17H2;1H/b13-11+;. The Morgan fingerprint density at radius 1 is 0.862 bits per heavy atom. The highest BCUT2D eigenvalue weighted by Crippen LogP contribution is 2.27. The van der Waals surface area contributed by atoms with Crippen LogP contribution >= 0.6 is 35.6 Å². The van der Waals surface area contributed by atoms with Crippen LogP contribution in [0.25, 0.3) is 6.08 Å². The average molecular weight is 444 g/mol. The molecule has 0 saturated heterocycles. The molecule has 0 spiro atoms. The highest BCUT2D eigenvalue weighted by molar-refractivity contribution is 6.42. The van der Waals surface area contributed by atoms with Crippen LogP contribution in [0.1, 0.15) is 16.7 Å². The maximum absolute atomic E-state index is 6.14. The molecule has 29 heavy (non-hydrogen) atoms. The minimum atomic E-state index is 0. The van der Waals surface area contributed by atoms with Gasteiger partial charge in [0.15, 0.2) is 0 Å². The number of hydrogen-bond acceptors (Lipinski definition) is 2. The average Bonchev–Trinajstić information content (AvgIpc) is 2.89. The largest absolute Gasteiger partial charge is 0.365 e. The van der Waals surface area contributed by atoms with Crippen molar-refractivity contribution in [2.45, 2.75) is 6.54 Å². The van der Waals surface area contributed by atoms with Crippen molar-refractivity contribution in [3.63, 3.8) is 0 Å². The molecule has 0 bridgehead atoms. The summed E-state index contributed by atoms with van der Waals surface area (Å²) in [5.74, 6) is 0. The van der Waals surface area contributed by atoms with E-state index in [1.807, 2.05) is 24.3 Å². The highest BCUT2D eigenvalue weighted by Gasteiger charge is 2.17. The van der Waals surface area contributed by atoms with Crippen LogP contribution in [0.5, 0.6) is 0 Å². The van der Waals surface area contributed by atoms with E-state index < -0.39 is 0 Å². The molecule has 4 rings (SSSR count). The lowest BCUT2D eigenvalue weighted by atomic mass is 10.0. The smallest absolute Gasteiger partial charge is 0.0668 e. The predicted octanol–water partition coefficient (Wildman–Crippen LogP) is 6.94. The molecule has 0 saturated carbocycles. The van der Waals surface area contributed by atoms with Crippen LogP contribution < -0.4 is 4.90 Å². The zero-order valence-corrected chi connectivity index (χ0v) is 18.1. The van der Waals surface area contributed by atoms with Gasteiger partial charge in [-0.2, -0.15) is 0 Å². The Hall–Kier alpha value is -2.26. The lowest BCUT2D eigenvalue weighted by Crippen LogP contribution is -2.25. The van der Waals surface area contributed by atoms with Gasteiger partial charge in [0.25, 0.3) is 0 Å². The normalized spacial score (nSPS) is 13.4. The number of rotatable bonds is 4. The zero-order valence-electron chi connectivity index (χ0n) is 15.8. The number of benzodiazepines with no additional fused rings is 1. The number of aliphatic imine (C=N–C) groups is 1. The first-order valence-corrected chi connectivity index (χ1v) is 10.0. The molecule has 0 fully saturated rings. The molecule has 1 heterocycles. The van der Waals surface area contributed by atoms with Gasteiger partial charge in [-0.15, -0.1) is 12.4 Å². The minimum Gasteiger partial charge on any atom is -0.365 e. The quantitative estimate of drug-likeness (QED) is 0.426.